The van der Waals surface area contributed by atoms with Gasteiger partial charge in [0.15, 0.2) is 0 Å². The molecule has 0 rings (SSSR count). The van der Waals surface area contributed by atoms with Crippen LogP contribution in [0.15, 0.2) is 0 Å². The van der Waals surface area contributed by atoms with E-state index in [0.717, 1.165) is 19.3 Å². The van der Waals surface area contributed by atoms with Crippen LogP contribution in [0.1, 0.15) is 79.1 Å². The lowest BCUT2D eigenvalue weighted by Crippen LogP contribution is -2.22. The van der Waals surface area contributed by atoms with Crippen molar-refractivity contribution in [2.24, 2.45) is 5.41 Å². The normalized spacial score (nSPS) is 11.7. The molecule has 90 valence electrons. The lowest BCUT2D eigenvalue weighted by Gasteiger charge is -2.20. The minimum Gasteiger partial charge on any atom is -0.299 e. The van der Waals surface area contributed by atoms with Crippen LogP contribution in [0.2, 0.25) is 0 Å². The first-order valence-electron chi connectivity index (χ1n) is 6.58. The number of ketones is 1. The Morgan fingerprint density at radius 3 is 2.00 bits per heavy atom. The van der Waals surface area contributed by atoms with Crippen molar-refractivity contribution in [3.8, 4) is 0 Å². The summed E-state index contributed by atoms with van der Waals surface area (Å²) in [5.41, 5.74) is -0.0938. The molecule has 0 heterocycles. The van der Waals surface area contributed by atoms with Gasteiger partial charge in [0, 0.05) is 11.8 Å². The van der Waals surface area contributed by atoms with E-state index in [4.69, 9.17) is 0 Å². The van der Waals surface area contributed by atoms with Gasteiger partial charge < -0.3 is 0 Å². The first-order valence-corrected chi connectivity index (χ1v) is 6.58. The molecular weight excluding hydrogens is 184 g/mol. The van der Waals surface area contributed by atoms with Gasteiger partial charge in [0.25, 0.3) is 0 Å². The van der Waals surface area contributed by atoms with Gasteiger partial charge in [-0.2, -0.15) is 0 Å². The Bertz CT molecular complexity index is 170. The number of hydrogen-bond donors (Lipinski definition) is 0. The molecule has 0 bridgehead atoms. The van der Waals surface area contributed by atoms with Gasteiger partial charge in [0.2, 0.25) is 0 Å². The number of carbonyl (C=O) groups excluding carboxylic acids is 1. The van der Waals surface area contributed by atoms with Crippen LogP contribution in [-0.4, -0.2) is 5.78 Å². The maximum absolute atomic E-state index is 11.8. The van der Waals surface area contributed by atoms with E-state index in [1.165, 1.54) is 32.1 Å². The quantitative estimate of drug-likeness (QED) is 0.504. The van der Waals surface area contributed by atoms with Gasteiger partial charge in [-0.25, -0.2) is 0 Å². The van der Waals surface area contributed by atoms with Gasteiger partial charge in [-0.3, -0.25) is 4.79 Å². The van der Waals surface area contributed by atoms with E-state index in [0.29, 0.717) is 5.78 Å². The molecule has 0 unspecified atom stereocenters. The van der Waals surface area contributed by atoms with Crippen molar-refractivity contribution in [3.63, 3.8) is 0 Å². The molecule has 1 heteroatoms. The fourth-order valence-electron chi connectivity index (χ4n) is 1.60. The van der Waals surface area contributed by atoms with Crippen molar-refractivity contribution in [1.29, 1.82) is 0 Å². The zero-order valence-electron chi connectivity index (χ0n) is 11.1. The second-order valence-electron chi connectivity index (χ2n) is 5.18. The number of rotatable bonds is 9. The summed E-state index contributed by atoms with van der Waals surface area (Å²) in [5.74, 6) is 0.445. The fourth-order valence-corrected chi connectivity index (χ4v) is 1.60. The Morgan fingerprint density at radius 1 is 0.933 bits per heavy atom. The molecular formula is C14H28O. The first kappa shape index (κ1) is 14.7. The van der Waals surface area contributed by atoms with Crippen LogP contribution >= 0.6 is 0 Å². The third kappa shape index (κ3) is 6.70. The summed E-state index contributed by atoms with van der Waals surface area (Å²) in [6.07, 6.45) is 9.33. The topological polar surface area (TPSA) is 17.1 Å². The molecule has 0 aliphatic carbocycles. The molecule has 0 amide bonds. The van der Waals surface area contributed by atoms with Gasteiger partial charge in [0.05, 0.1) is 0 Å². The van der Waals surface area contributed by atoms with Crippen LogP contribution < -0.4 is 0 Å². The number of hydrogen-bond acceptors (Lipinski definition) is 1. The molecule has 15 heavy (non-hydrogen) atoms. The van der Waals surface area contributed by atoms with Crippen molar-refractivity contribution >= 4 is 5.78 Å². The molecule has 0 atom stereocenters. The molecule has 0 spiro atoms. The minimum absolute atomic E-state index is 0.0938. The maximum atomic E-state index is 11.8. The summed E-state index contributed by atoms with van der Waals surface area (Å²) in [4.78, 5) is 11.8. The summed E-state index contributed by atoms with van der Waals surface area (Å²) in [6.45, 7) is 8.45. The van der Waals surface area contributed by atoms with Crippen molar-refractivity contribution in [3.05, 3.63) is 0 Å². The number of unbranched alkanes of at least 4 members (excludes halogenated alkanes) is 5. The molecule has 0 aromatic carbocycles. The van der Waals surface area contributed by atoms with Crippen molar-refractivity contribution in [2.45, 2.75) is 79.1 Å². The van der Waals surface area contributed by atoms with E-state index < -0.39 is 0 Å². The highest BCUT2D eigenvalue weighted by Crippen LogP contribution is 2.23. The fraction of sp³-hybridized carbons (Fsp3) is 0.929. The minimum atomic E-state index is -0.0938. The molecule has 1 nitrogen and oxygen atoms in total. The average molecular weight is 212 g/mol. The summed E-state index contributed by atoms with van der Waals surface area (Å²) in [6, 6.07) is 0. The van der Waals surface area contributed by atoms with Gasteiger partial charge in [-0.15, -0.1) is 0 Å². The smallest absolute Gasteiger partial charge is 0.138 e. The summed E-state index contributed by atoms with van der Waals surface area (Å²) in [5, 5.41) is 0. The Balaban J connectivity index is 3.47. The van der Waals surface area contributed by atoms with Gasteiger partial charge in [0.1, 0.15) is 5.78 Å². The standard InChI is InChI=1S/C14H28O/c1-5-7-8-9-10-11-12-13(15)14(3,4)6-2/h5-12H2,1-4H3. The van der Waals surface area contributed by atoms with Gasteiger partial charge in [-0.1, -0.05) is 59.8 Å². The molecule has 0 radical (unpaired) electrons. The highest BCUT2D eigenvalue weighted by molar-refractivity contribution is 5.83. The molecule has 0 N–H and O–H groups in total. The predicted octanol–water partition coefficient (Wildman–Crippen LogP) is 4.74. The average Bonchev–Trinajstić information content (AvgIpc) is 2.22. The van der Waals surface area contributed by atoms with Crippen LogP contribution in [-0.2, 0) is 4.79 Å². The third-order valence-electron chi connectivity index (χ3n) is 3.40. The molecule has 0 aliphatic rings. The van der Waals surface area contributed by atoms with E-state index in [9.17, 15) is 4.79 Å². The highest BCUT2D eigenvalue weighted by Gasteiger charge is 2.23. The molecule has 0 fully saturated rings. The van der Waals surface area contributed by atoms with E-state index in [-0.39, 0.29) is 5.41 Å². The van der Waals surface area contributed by atoms with Crippen LogP contribution in [0.4, 0.5) is 0 Å². The third-order valence-corrected chi connectivity index (χ3v) is 3.40. The highest BCUT2D eigenvalue weighted by atomic mass is 16.1. The van der Waals surface area contributed by atoms with Crippen LogP contribution in [0.3, 0.4) is 0 Å². The maximum Gasteiger partial charge on any atom is 0.138 e. The second-order valence-corrected chi connectivity index (χ2v) is 5.18. The van der Waals surface area contributed by atoms with Crippen molar-refractivity contribution < 1.29 is 4.79 Å². The van der Waals surface area contributed by atoms with Gasteiger partial charge >= 0.3 is 0 Å². The van der Waals surface area contributed by atoms with E-state index in [2.05, 4.69) is 27.7 Å². The Labute approximate surface area is 95.6 Å². The summed E-state index contributed by atoms with van der Waals surface area (Å²) >= 11 is 0. The first-order chi connectivity index (χ1) is 7.04. The van der Waals surface area contributed by atoms with E-state index in [1.54, 1.807) is 0 Å². The predicted molar refractivity (Wildman–Crippen MR) is 67.1 cm³/mol. The molecule has 0 saturated heterocycles. The zero-order chi connectivity index (χ0) is 11.7. The molecule has 0 aliphatic heterocycles. The largest absolute Gasteiger partial charge is 0.299 e. The van der Waals surface area contributed by atoms with Crippen LogP contribution in [0, 0.1) is 5.41 Å². The Kier molecular flexibility index (Phi) is 7.72. The van der Waals surface area contributed by atoms with Crippen molar-refractivity contribution in [1.82, 2.24) is 0 Å². The summed E-state index contributed by atoms with van der Waals surface area (Å²) < 4.78 is 0. The Morgan fingerprint density at radius 2 is 1.47 bits per heavy atom. The lowest BCUT2D eigenvalue weighted by atomic mass is 9.83. The molecule has 0 aromatic heterocycles. The SMILES string of the molecule is CCCCCCCCC(=O)C(C)(C)CC. The molecule has 0 saturated carbocycles. The van der Waals surface area contributed by atoms with Crippen LogP contribution in [0.25, 0.3) is 0 Å². The van der Waals surface area contributed by atoms with Crippen LogP contribution in [0.5, 0.6) is 0 Å². The Hall–Kier alpha value is -0.330. The summed E-state index contributed by atoms with van der Waals surface area (Å²) in [7, 11) is 0. The second kappa shape index (κ2) is 7.90. The lowest BCUT2D eigenvalue weighted by molar-refractivity contribution is -0.127. The number of Topliss-reactive ketones (excluding diaryl/α,β-unsaturated/α-hetero) is 1. The van der Waals surface area contributed by atoms with Gasteiger partial charge in [-0.05, 0) is 12.8 Å². The zero-order valence-corrected chi connectivity index (χ0v) is 11.1. The monoisotopic (exact) mass is 212 g/mol. The van der Waals surface area contributed by atoms with Crippen molar-refractivity contribution in [2.75, 3.05) is 0 Å². The van der Waals surface area contributed by atoms with E-state index >= 15 is 0 Å². The molecule has 0 aromatic rings. The number of carbonyl (C=O) groups is 1. The van der Waals surface area contributed by atoms with E-state index in [1.807, 2.05) is 0 Å².